The smallest absolute Gasteiger partial charge is 0.140 e. The summed E-state index contributed by atoms with van der Waals surface area (Å²) in [4.78, 5) is 12.0. The molecular formula is C20H20O. The van der Waals surface area contributed by atoms with Crippen molar-refractivity contribution in [3.8, 4) is 11.1 Å². The Labute approximate surface area is 126 Å². The minimum Gasteiger partial charge on any atom is -0.299 e. The van der Waals surface area contributed by atoms with Gasteiger partial charge in [0.1, 0.15) is 5.78 Å². The Balaban J connectivity index is 1.97. The summed E-state index contributed by atoms with van der Waals surface area (Å²) in [5.74, 6) is 0.552. The lowest BCUT2D eigenvalue weighted by molar-refractivity contribution is -0.122. The first-order valence-electron chi connectivity index (χ1n) is 7.77. The molecule has 2 aromatic carbocycles. The first-order valence-corrected chi connectivity index (χ1v) is 7.77. The van der Waals surface area contributed by atoms with Crippen molar-refractivity contribution < 1.29 is 4.79 Å². The molecule has 0 spiro atoms. The summed E-state index contributed by atoms with van der Waals surface area (Å²) < 4.78 is 0. The molecule has 0 bridgehead atoms. The fraction of sp³-hybridized carbons (Fsp3) is 0.350. The van der Waals surface area contributed by atoms with Crippen LogP contribution in [0.3, 0.4) is 0 Å². The maximum atomic E-state index is 12.0. The number of rotatable bonds is 0. The van der Waals surface area contributed by atoms with Crippen molar-refractivity contribution in [3.05, 3.63) is 58.7 Å². The molecule has 2 aliphatic rings. The Bertz CT molecular complexity index is 767. The Morgan fingerprint density at radius 2 is 1.76 bits per heavy atom. The number of carbonyl (C=O) groups is 1. The predicted octanol–water partition coefficient (Wildman–Crippen LogP) is 4.30. The average molecular weight is 276 g/mol. The Hall–Kier alpha value is -1.89. The van der Waals surface area contributed by atoms with Gasteiger partial charge in [-0.1, -0.05) is 57.2 Å². The van der Waals surface area contributed by atoms with E-state index in [-0.39, 0.29) is 11.3 Å². The van der Waals surface area contributed by atoms with Crippen LogP contribution in [0.5, 0.6) is 0 Å². The molecule has 0 N–H and O–H groups in total. The molecule has 0 fully saturated rings. The SMILES string of the molecule is CC1Cc2cc3c(cc2CC1=O)C(C)(C)c1ccccc1-3. The lowest BCUT2D eigenvalue weighted by atomic mass is 9.78. The normalized spacial score (nSPS) is 21.7. The number of fused-ring (bicyclic) bond motifs is 4. The fourth-order valence-electron chi connectivity index (χ4n) is 4.00. The van der Waals surface area contributed by atoms with Gasteiger partial charge in [-0.15, -0.1) is 0 Å². The monoisotopic (exact) mass is 276 g/mol. The van der Waals surface area contributed by atoms with Crippen molar-refractivity contribution in [1.29, 1.82) is 0 Å². The molecule has 106 valence electrons. The number of hydrogen-bond acceptors (Lipinski definition) is 1. The lowest BCUT2D eigenvalue weighted by Crippen LogP contribution is -2.24. The summed E-state index contributed by atoms with van der Waals surface area (Å²) >= 11 is 0. The van der Waals surface area contributed by atoms with E-state index in [1.165, 1.54) is 33.4 Å². The molecule has 2 aromatic rings. The number of benzene rings is 2. The van der Waals surface area contributed by atoms with Crippen LogP contribution < -0.4 is 0 Å². The molecule has 2 aliphatic carbocycles. The van der Waals surface area contributed by atoms with Gasteiger partial charge >= 0.3 is 0 Å². The highest BCUT2D eigenvalue weighted by Gasteiger charge is 2.36. The van der Waals surface area contributed by atoms with E-state index in [0.29, 0.717) is 12.2 Å². The summed E-state index contributed by atoms with van der Waals surface area (Å²) in [5, 5.41) is 0. The fourth-order valence-corrected chi connectivity index (χ4v) is 4.00. The summed E-state index contributed by atoms with van der Waals surface area (Å²) in [6, 6.07) is 13.4. The molecule has 1 nitrogen and oxygen atoms in total. The maximum Gasteiger partial charge on any atom is 0.140 e. The second kappa shape index (κ2) is 4.07. The molecule has 0 heterocycles. The second-order valence-electron chi connectivity index (χ2n) is 7.09. The number of carbonyl (C=O) groups excluding carboxylic acids is 1. The first-order chi connectivity index (χ1) is 9.98. The summed E-state index contributed by atoms with van der Waals surface area (Å²) in [7, 11) is 0. The molecule has 1 unspecified atom stereocenters. The van der Waals surface area contributed by atoms with Crippen molar-refractivity contribution in [2.24, 2.45) is 5.92 Å². The molecule has 0 saturated heterocycles. The van der Waals surface area contributed by atoms with Gasteiger partial charge in [0.25, 0.3) is 0 Å². The van der Waals surface area contributed by atoms with Gasteiger partial charge in [0, 0.05) is 17.8 Å². The van der Waals surface area contributed by atoms with Gasteiger partial charge in [-0.2, -0.15) is 0 Å². The van der Waals surface area contributed by atoms with Crippen molar-refractivity contribution in [1.82, 2.24) is 0 Å². The molecule has 0 amide bonds. The average Bonchev–Trinajstić information content (AvgIpc) is 2.68. The molecule has 21 heavy (non-hydrogen) atoms. The van der Waals surface area contributed by atoms with Crippen LogP contribution in [0.25, 0.3) is 11.1 Å². The van der Waals surface area contributed by atoms with Crippen LogP contribution in [0.1, 0.15) is 43.0 Å². The molecule has 1 heteroatoms. The standard InChI is InChI=1S/C20H20O/c1-12-8-13-9-16-15-6-4-5-7-17(15)20(2,3)18(16)10-14(13)11-19(12)21/h4-7,9-10,12H,8,11H2,1-3H3. The van der Waals surface area contributed by atoms with Gasteiger partial charge < -0.3 is 0 Å². The van der Waals surface area contributed by atoms with Crippen LogP contribution in [0.2, 0.25) is 0 Å². The van der Waals surface area contributed by atoms with E-state index in [0.717, 1.165) is 6.42 Å². The van der Waals surface area contributed by atoms with Gasteiger partial charge in [0.15, 0.2) is 0 Å². The Kier molecular flexibility index (Phi) is 2.48. The number of hydrogen-bond donors (Lipinski definition) is 0. The molecule has 0 aliphatic heterocycles. The highest BCUT2D eigenvalue weighted by Crippen LogP contribution is 2.49. The topological polar surface area (TPSA) is 17.1 Å². The van der Waals surface area contributed by atoms with Crippen LogP contribution >= 0.6 is 0 Å². The van der Waals surface area contributed by atoms with Crippen LogP contribution in [0, 0.1) is 5.92 Å². The Morgan fingerprint density at radius 1 is 1.00 bits per heavy atom. The highest BCUT2D eigenvalue weighted by molar-refractivity contribution is 5.88. The summed E-state index contributed by atoms with van der Waals surface area (Å²) in [6.45, 7) is 6.63. The molecule has 0 saturated carbocycles. The molecule has 1 atom stereocenters. The van der Waals surface area contributed by atoms with Crippen LogP contribution in [-0.4, -0.2) is 5.78 Å². The van der Waals surface area contributed by atoms with E-state index in [1.807, 2.05) is 0 Å². The summed E-state index contributed by atoms with van der Waals surface area (Å²) in [6.07, 6.45) is 1.50. The number of ketones is 1. The van der Waals surface area contributed by atoms with Gasteiger partial charge in [-0.25, -0.2) is 0 Å². The third kappa shape index (κ3) is 1.67. The van der Waals surface area contributed by atoms with E-state index in [4.69, 9.17) is 0 Å². The summed E-state index contributed by atoms with van der Waals surface area (Å²) in [5.41, 5.74) is 8.17. The zero-order chi connectivity index (χ0) is 14.8. The minimum atomic E-state index is 0.0348. The molecule has 4 rings (SSSR count). The zero-order valence-corrected chi connectivity index (χ0v) is 12.9. The molecule has 0 radical (unpaired) electrons. The minimum absolute atomic E-state index is 0.0348. The second-order valence-corrected chi connectivity index (χ2v) is 7.09. The van der Waals surface area contributed by atoms with E-state index >= 15 is 0 Å². The maximum absolute atomic E-state index is 12.0. The predicted molar refractivity (Wildman–Crippen MR) is 85.6 cm³/mol. The third-order valence-electron chi connectivity index (χ3n) is 5.34. The van der Waals surface area contributed by atoms with Gasteiger partial charge in [0.2, 0.25) is 0 Å². The van der Waals surface area contributed by atoms with E-state index in [1.54, 1.807) is 0 Å². The highest BCUT2D eigenvalue weighted by atomic mass is 16.1. The third-order valence-corrected chi connectivity index (χ3v) is 5.34. The quantitative estimate of drug-likeness (QED) is 0.701. The van der Waals surface area contributed by atoms with Gasteiger partial charge in [0.05, 0.1) is 0 Å². The van der Waals surface area contributed by atoms with Crippen molar-refractivity contribution in [2.75, 3.05) is 0 Å². The lowest BCUT2D eigenvalue weighted by Gasteiger charge is -2.25. The van der Waals surface area contributed by atoms with Crippen LogP contribution in [0.4, 0.5) is 0 Å². The van der Waals surface area contributed by atoms with Crippen molar-refractivity contribution in [2.45, 2.75) is 39.0 Å². The van der Waals surface area contributed by atoms with E-state index in [2.05, 4.69) is 57.2 Å². The van der Waals surface area contributed by atoms with Crippen molar-refractivity contribution >= 4 is 5.78 Å². The van der Waals surface area contributed by atoms with Crippen molar-refractivity contribution in [3.63, 3.8) is 0 Å². The molecular weight excluding hydrogens is 256 g/mol. The van der Waals surface area contributed by atoms with E-state index < -0.39 is 0 Å². The van der Waals surface area contributed by atoms with Gasteiger partial charge in [-0.05, 0) is 39.8 Å². The van der Waals surface area contributed by atoms with Crippen LogP contribution in [0.15, 0.2) is 36.4 Å². The largest absolute Gasteiger partial charge is 0.299 e. The van der Waals surface area contributed by atoms with Crippen LogP contribution in [-0.2, 0) is 23.1 Å². The first kappa shape index (κ1) is 12.8. The van der Waals surface area contributed by atoms with Gasteiger partial charge in [-0.3, -0.25) is 4.79 Å². The molecule has 0 aromatic heterocycles. The Morgan fingerprint density at radius 3 is 2.57 bits per heavy atom. The number of Topliss-reactive ketones (excluding diaryl/α,β-unsaturated/α-hetero) is 1. The van der Waals surface area contributed by atoms with E-state index in [9.17, 15) is 4.79 Å². The zero-order valence-electron chi connectivity index (χ0n) is 12.9.